The van der Waals surface area contributed by atoms with Crippen LogP contribution in [0.3, 0.4) is 0 Å². The number of nitrogens with zero attached hydrogens (tertiary/aromatic N) is 4. The number of rotatable bonds is 6. The van der Waals surface area contributed by atoms with E-state index >= 15 is 0 Å². The lowest BCUT2D eigenvalue weighted by Crippen LogP contribution is -2.27. The minimum absolute atomic E-state index is 0.0115. The van der Waals surface area contributed by atoms with Crippen LogP contribution >= 0.6 is 11.6 Å². The fraction of sp³-hybridized carbons (Fsp3) is 0.308. The van der Waals surface area contributed by atoms with Crippen LogP contribution in [0, 0.1) is 10.1 Å². The molecule has 0 fully saturated rings. The molecule has 2 rings (SSSR count). The van der Waals surface area contributed by atoms with Gasteiger partial charge in [0.1, 0.15) is 0 Å². The van der Waals surface area contributed by atoms with Gasteiger partial charge in [-0.05, 0) is 23.1 Å². The maximum Gasteiger partial charge on any atom is 0.346 e. The highest BCUT2D eigenvalue weighted by molar-refractivity contribution is 6.31. The van der Waals surface area contributed by atoms with Gasteiger partial charge < -0.3 is 10.1 Å². The first-order chi connectivity index (χ1) is 9.61. The Morgan fingerprint density at radius 3 is 2.80 bits per heavy atom. The molecule has 106 valence electrons. The van der Waals surface area contributed by atoms with Crippen LogP contribution in [0.25, 0.3) is 0 Å². The molecule has 0 atom stereocenters. The molecule has 1 aromatic carbocycles. The standard InChI is InChI=1S/C13H15ClN4O2/c1-2-16(9-11-5-3-4-6-12(11)14)10-17-13(18(19)20)7-8-15-17/h3-8H,2,9-10H2,1H3. The van der Waals surface area contributed by atoms with Gasteiger partial charge >= 0.3 is 5.82 Å². The number of hydrogen-bond donors (Lipinski definition) is 0. The van der Waals surface area contributed by atoms with Gasteiger partial charge in [0.05, 0.1) is 12.3 Å². The van der Waals surface area contributed by atoms with Crippen molar-refractivity contribution in [1.82, 2.24) is 14.7 Å². The fourth-order valence-electron chi connectivity index (χ4n) is 1.91. The van der Waals surface area contributed by atoms with Crippen LogP contribution in [-0.2, 0) is 13.2 Å². The third-order valence-electron chi connectivity index (χ3n) is 3.01. The Kier molecular flexibility index (Phi) is 4.70. The number of hydrogen-bond acceptors (Lipinski definition) is 4. The molecule has 0 unspecified atom stereocenters. The quantitative estimate of drug-likeness (QED) is 0.607. The summed E-state index contributed by atoms with van der Waals surface area (Å²) in [5.41, 5.74) is 0.992. The average Bonchev–Trinajstić information content (AvgIpc) is 2.88. The third-order valence-corrected chi connectivity index (χ3v) is 3.38. The van der Waals surface area contributed by atoms with Crippen molar-refractivity contribution in [2.75, 3.05) is 6.54 Å². The van der Waals surface area contributed by atoms with Gasteiger partial charge in [0.15, 0.2) is 6.67 Å². The predicted molar refractivity (Wildman–Crippen MR) is 76.4 cm³/mol. The molecule has 0 saturated heterocycles. The van der Waals surface area contributed by atoms with Crippen molar-refractivity contribution in [3.8, 4) is 0 Å². The van der Waals surface area contributed by atoms with E-state index in [1.165, 1.54) is 16.9 Å². The minimum atomic E-state index is -0.434. The lowest BCUT2D eigenvalue weighted by atomic mass is 10.2. The molecule has 0 aliphatic heterocycles. The predicted octanol–water partition coefficient (Wildman–Crippen LogP) is 2.92. The van der Waals surface area contributed by atoms with Crippen molar-refractivity contribution in [3.63, 3.8) is 0 Å². The zero-order valence-corrected chi connectivity index (χ0v) is 11.8. The molecule has 7 heteroatoms. The molecule has 1 heterocycles. The Hall–Kier alpha value is -1.92. The summed E-state index contributed by atoms with van der Waals surface area (Å²) < 4.78 is 1.38. The monoisotopic (exact) mass is 294 g/mol. The Morgan fingerprint density at radius 1 is 1.40 bits per heavy atom. The molecular formula is C13H15ClN4O2. The lowest BCUT2D eigenvalue weighted by molar-refractivity contribution is -0.393. The van der Waals surface area contributed by atoms with Crippen molar-refractivity contribution in [1.29, 1.82) is 0 Å². The second-order valence-corrected chi connectivity index (χ2v) is 4.73. The third kappa shape index (κ3) is 3.34. The summed E-state index contributed by atoms with van der Waals surface area (Å²) in [7, 11) is 0. The normalized spacial score (nSPS) is 10.9. The smallest absolute Gasteiger partial charge is 0.346 e. The van der Waals surface area contributed by atoms with E-state index in [-0.39, 0.29) is 5.82 Å². The van der Waals surface area contributed by atoms with E-state index in [1.54, 1.807) is 0 Å². The van der Waals surface area contributed by atoms with Crippen molar-refractivity contribution < 1.29 is 4.92 Å². The van der Waals surface area contributed by atoms with Crippen molar-refractivity contribution in [2.45, 2.75) is 20.1 Å². The molecule has 20 heavy (non-hydrogen) atoms. The van der Waals surface area contributed by atoms with E-state index in [1.807, 2.05) is 36.1 Å². The van der Waals surface area contributed by atoms with Gasteiger partial charge in [0.2, 0.25) is 0 Å². The van der Waals surface area contributed by atoms with Crippen LogP contribution in [0.5, 0.6) is 0 Å². The summed E-state index contributed by atoms with van der Waals surface area (Å²) in [4.78, 5) is 12.5. The van der Waals surface area contributed by atoms with E-state index in [0.29, 0.717) is 18.2 Å². The zero-order valence-electron chi connectivity index (χ0n) is 11.1. The summed E-state index contributed by atoms with van der Waals surface area (Å²) >= 11 is 6.13. The van der Waals surface area contributed by atoms with Crippen molar-refractivity contribution >= 4 is 17.4 Å². The SMILES string of the molecule is CCN(Cc1ccccc1Cl)Cn1nccc1[N+](=O)[O-]. The van der Waals surface area contributed by atoms with Crippen molar-refractivity contribution in [3.05, 3.63) is 57.2 Å². The molecule has 2 aromatic rings. The molecule has 0 radical (unpaired) electrons. The molecule has 1 aromatic heterocycles. The molecule has 0 amide bonds. The van der Waals surface area contributed by atoms with Crippen LogP contribution in [0.15, 0.2) is 36.5 Å². The van der Waals surface area contributed by atoms with Crippen LogP contribution < -0.4 is 0 Å². The van der Waals surface area contributed by atoms with E-state index in [2.05, 4.69) is 5.10 Å². The minimum Gasteiger partial charge on any atom is -0.358 e. The first-order valence-corrected chi connectivity index (χ1v) is 6.61. The summed E-state index contributed by atoms with van der Waals surface area (Å²) in [5, 5.41) is 15.6. The Balaban J connectivity index is 2.11. The Morgan fingerprint density at radius 2 is 2.15 bits per heavy atom. The van der Waals surface area contributed by atoms with E-state index in [4.69, 9.17) is 11.6 Å². The van der Waals surface area contributed by atoms with Gasteiger partial charge in [-0.3, -0.25) is 4.90 Å². The van der Waals surface area contributed by atoms with E-state index in [0.717, 1.165) is 12.1 Å². The maximum absolute atomic E-state index is 10.9. The second kappa shape index (κ2) is 6.49. The highest BCUT2D eigenvalue weighted by atomic mass is 35.5. The average molecular weight is 295 g/mol. The summed E-state index contributed by atoms with van der Waals surface area (Å²) in [6, 6.07) is 8.97. The van der Waals surface area contributed by atoms with Crippen LogP contribution in [0.4, 0.5) is 5.82 Å². The lowest BCUT2D eigenvalue weighted by Gasteiger charge is -2.18. The molecular weight excluding hydrogens is 280 g/mol. The first-order valence-electron chi connectivity index (χ1n) is 6.23. The van der Waals surface area contributed by atoms with Crippen LogP contribution in [0.1, 0.15) is 12.5 Å². The topological polar surface area (TPSA) is 64.2 Å². The number of benzene rings is 1. The molecule has 0 bridgehead atoms. The second-order valence-electron chi connectivity index (χ2n) is 4.32. The van der Waals surface area contributed by atoms with Crippen molar-refractivity contribution in [2.24, 2.45) is 0 Å². The van der Waals surface area contributed by atoms with E-state index in [9.17, 15) is 10.1 Å². The van der Waals surface area contributed by atoms with Gasteiger partial charge in [-0.25, -0.2) is 0 Å². The fourth-order valence-corrected chi connectivity index (χ4v) is 2.10. The number of halogens is 1. The molecule has 0 aliphatic rings. The molecule has 0 N–H and O–H groups in total. The van der Waals surface area contributed by atoms with Crippen LogP contribution in [-0.4, -0.2) is 26.1 Å². The van der Waals surface area contributed by atoms with Gasteiger partial charge in [0.25, 0.3) is 0 Å². The van der Waals surface area contributed by atoms with Gasteiger partial charge in [0, 0.05) is 11.6 Å². The van der Waals surface area contributed by atoms with Gasteiger partial charge in [-0.2, -0.15) is 0 Å². The number of nitro groups is 1. The Bertz CT molecular complexity index is 600. The largest absolute Gasteiger partial charge is 0.358 e. The van der Waals surface area contributed by atoms with E-state index < -0.39 is 4.92 Å². The summed E-state index contributed by atoms with van der Waals surface area (Å²) in [6.07, 6.45) is 1.43. The molecule has 0 spiro atoms. The summed E-state index contributed by atoms with van der Waals surface area (Å²) in [5.74, 6) is -0.0115. The summed E-state index contributed by atoms with van der Waals surface area (Å²) in [6.45, 7) is 3.70. The highest BCUT2D eigenvalue weighted by Crippen LogP contribution is 2.18. The molecule has 0 aliphatic carbocycles. The first kappa shape index (κ1) is 14.5. The van der Waals surface area contributed by atoms with Gasteiger partial charge in [-0.15, -0.1) is 4.68 Å². The molecule has 6 nitrogen and oxygen atoms in total. The van der Waals surface area contributed by atoms with Gasteiger partial charge in [-0.1, -0.05) is 41.8 Å². The maximum atomic E-state index is 10.9. The van der Waals surface area contributed by atoms with Crippen LogP contribution in [0.2, 0.25) is 5.02 Å². The zero-order chi connectivity index (χ0) is 14.5. The number of aromatic nitrogens is 2. The molecule has 0 saturated carbocycles. The highest BCUT2D eigenvalue weighted by Gasteiger charge is 2.17. The Labute approximate surface area is 121 Å².